The van der Waals surface area contributed by atoms with Crippen molar-refractivity contribution in [3.05, 3.63) is 95.3 Å². The first kappa shape index (κ1) is 24.6. The zero-order valence-corrected chi connectivity index (χ0v) is 20.3. The van der Waals surface area contributed by atoms with E-state index in [-0.39, 0.29) is 12.2 Å². The lowest BCUT2D eigenvalue weighted by Crippen LogP contribution is -2.43. The molecule has 0 bridgehead atoms. The zero-order chi connectivity index (χ0) is 24.8. The number of hydrogen-bond donors (Lipinski definition) is 0. The summed E-state index contributed by atoms with van der Waals surface area (Å²) in [5.74, 6) is -0.0178. The third-order valence-corrected chi connectivity index (χ3v) is 6.90. The number of hydrogen-bond acceptors (Lipinski definition) is 6. The van der Waals surface area contributed by atoms with Crippen molar-refractivity contribution in [1.29, 1.82) is 0 Å². The molecule has 3 aromatic carbocycles. The van der Waals surface area contributed by atoms with E-state index in [0.717, 1.165) is 11.1 Å². The molecule has 1 fully saturated rings. The van der Waals surface area contributed by atoms with Gasteiger partial charge in [0.1, 0.15) is 23.8 Å². The smallest absolute Gasteiger partial charge is 0.329 e. The summed E-state index contributed by atoms with van der Waals surface area (Å²) in [7, 11) is 1.56. The number of nitrogens with zero attached hydrogens (tertiary/aromatic N) is 1. The number of methoxy groups -OCH3 is 1. The third-order valence-electron chi connectivity index (χ3n) is 5.58. The van der Waals surface area contributed by atoms with Gasteiger partial charge in [-0.1, -0.05) is 42.5 Å². The van der Waals surface area contributed by atoms with Crippen LogP contribution in [-0.4, -0.2) is 42.3 Å². The van der Waals surface area contributed by atoms with Crippen LogP contribution < -0.4 is 9.47 Å². The average molecular weight is 496 g/mol. The average Bonchev–Trinajstić information content (AvgIpc) is 3.33. The van der Waals surface area contributed by atoms with Crippen molar-refractivity contribution in [3.8, 4) is 11.5 Å². The van der Waals surface area contributed by atoms with Gasteiger partial charge < -0.3 is 19.1 Å². The molecule has 0 aliphatic carbocycles. The largest absolute Gasteiger partial charge is 0.493 e. The molecule has 182 valence electrons. The lowest BCUT2D eigenvalue weighted by molar-refractivity contribution is -0.147. The Balaban J connectivity index is 1.66. The predicted octanol–water partition coefficient (Wildman–Crippen LogP) is 5.23. The predicted molar refractivity (Wildman–Crippen MR) is 132 cm³/mol. The molecule has 4 rings (SSSR count). The minimum atomic E-state index is -0.795. The van der Waals surface area contributed by atoms with Gasteiger partial charge in [-0.15, -0.1) is 11.8 Å². The molecule has 6 nitrogen and oxygen atoms in total. The highest BCUT2D eigenvalue weighted by atomic mass is 32.2. The highest BCUT2D eigenvalue weighted by Crippen LogP contribution is 2.44. The van der Waals surface area contributed by atoms with Gasteiger partial charge in [0, 0.05) is 11.3 Å². The van der Waals surface area contributed by atoms with Gasteiger partial charge in [0.15, 0.2) is 11.5 Å². The Morgan fingerprint density at radius 1 is 1.03 bits per heavy atom. The van der Waals surface area contributed by atoms with E-state index < -0.39 is 29.1 Å². The van der Waals surface area contributed by atoms with Gasteiger partial charge in [-0.05, 0) is 48.4 Å². The maximum atomic E-state index is 13.9. The van der Waals surface area contributed by atoms with E-state index in [2.05, 4.69) is 0 Å². The first-order valence-electron chi connectivity index (χ1n) is 11.2. The summed E-state index contributed by atoms with van der Waals surface area (Å²) in [6.45, 7) is 2.26. The van der Waals surface area contributed by atoms with Crippen LogP contribution in [0.15, 0.2) is 72.8 Å². The molecule has 1 aliphatic heterocycles. The number of halogens is 1. The molecule has 35 heavy (non-hydrogen) atoms. The minimum Gasteiger partial charge on any atom is -0.493 e. The molecule has 0 N–H and O–H groups in total. The lowest BCUT2D eigenvalue weighted by Gasteiger charge is -2.29. The molecule has 0 unspecified atom stereocenters. The van der Waals surface area contributed by atoms with Crippen molar-refractivity contribution >= 4 is 23.6 Å². The Bertz CT molecular complexity index is 1190. The Hall–Kier alpha value is -3.52. The number of benzene rings is 3. The van der Waals surface area contributed by atoms with Crippen LogP contribution in [-0.2, 0) is 16.1 Å². The van der Waals surface area contributed by atoms with Gasteiger partial charge in [0.05, 0.1) is 13.7 Å². The molecule has 0 spiro atoms. The summed E-state index contributed by atoms with van der Waals surface area (Å²) in [5.41, 5.74) is 1.93. The SMILES string of the molecule is CCOC(=O)[C@H]1CS[C@@H](c2ccc(OC)c(OCc3ccccc3)c2)N1C(=O)c1cccc(F)c1. The second-order valence-corrected chi connectivity index (χ2v) is 8.97. The second-order valence-electron chi connectivity index (χ2n) is 7.86. The van der Waals surface area contributed by atoms with Crippen molar-refractivity contribution in [1.82, 2.24) is 4.90 Å². The number of amides is 1. The van der Waals surface area contributed by atoms with E-state index in [4.69, 9.17) is 14.2 Å². The van der Waals surface area contributed by atoms with Crippen LogP contribution in [0.2, 0.25) is 0 Å². The molecular formula is C27H26FNO5S. The molecule has 1 aliphatic rings. The highest BCUT2D eigenvalue weighted by molar-refractivity contribution is 7.99. The quantitative estimate of drug-likeness (QED) is 0.399. The van der Waals surface area contributed by atoms with Gasteiger partial charge in [0.25, 0.3) is 5.91 Å². The van der Waals surface area contributed by atoms with Crippen LogP contribution in [0.25, 0.3) is 0 Å². The molecule has 0 aromatic heterocycles. The highest BCUT2D eigenvalue weighted by Gasteiger charge is 2.43. The molecule has 0 radical (unpaired) electrons. The Morgan fingerprint density at radius 2 is 1.83 bits per heavy atom. The topological polar surface area (TPSA) is 65.1 Å². The van der Waals surface area contributed by atoms with Gasteiger partial charge in [-0.3, -0.25) is 4.79 Å². The first-order chi connectivity index (χ1) is 17.0. The van der Waals surface area contributed by atoms with Crippen molar-refractivity contribution in [2.75, 3.05) is 19.5 Å². The van der Waals surface area contributed by atoms with E-state index in [1.807, 2.05) is 42.5 Å². The summed E-state index contributed by atoms with van der Waals surface area (Å²) >= 11 is 1.44. The number of ether oxygens (including phenoxy) is 3. The van der Waals surface area contributed by atoms with Gasteiger partial charge in [-0.25, -0.2) is 9.18 Å². The van der Waals surface area contributed by atoms with Gasteiger partial charge in [-0.2, -0.15) is 0 Å². The van der Waals surface area contributed by atoms with E-state index in [1.165, 1.54) is 40.9 Å². The fourth-order valence-electron chi connectivity index (χ4n) is 3.90. The number of esters is 1. The molecular weight excluding hydrogens is 469 g/mol. The summed E-state index contributed by atoms with van der Waals surface area (Å²) in [6, 6.07) is 19.8. The Kier molecular flexibility index (Phi) is 7.92. The summed E-state index contributed by atoms with van der Waals surface area (Å²) in [4.78, 5) is 27.7. The fourth-order valence-corrected chi connectivity index (χ4v) is 5.30. The van der Waals surface area contributed by atoms with Crippen LogP contribution >= 0.6 is 11.8 Å². The van der Waals surface area contributed by atoms with Gasteiger partial charge >= 0.3 is 5.97 Å². The monoisotopic (exact) mass is 495 g/mol. The summed E-state index contributed by atoms with van der Waals surface area (Å²) < 4.78 is 30.6. The fraction of sp³-hybridized carbons (Fsp3) is 0.259. The molecule has 8 heteroatoms. The van der Waals surface area contributed by atoms with E-state index in [9.17, 15) is 14.0 Å². The second kappa shape index (κ2) is 11.3. The van der Waals surface area contributed by atoms with E-state index >= 15 is 0 Å². The van der Waals surface area contributed by atoms with E-state index in [0.29, 0.717) is 23.9 Å². The van der Waals surface area contributed by atoms with Crippen LogP contribution in [0.4, 0.5) is 4.39 Å². The molecule has 1 saturated heterocycles. The molecule has 1 amide bonds. The Labute approximate surface area is 208 Å². The van der Waals surface area contributed by atoms with Crippen LogP contribution in [0, 0.1) is 5.82 Å². The molecule has 3 aromatic rings. The number of rotatable bonds is 8. The van der Waals surface area contributed by atoms with Crippen molar-refractivity contribution < 1.29 is 28.2 Å². The molecule has 1 heterocycles. The van der Waals surface area contributed by atoms with Gasteiger partial charge in [0.2, 0.25) is 0 Å². The lowest BCUT2D eigenvalue weighted by atomic mass is 10.1. The Morgan fingerprint density at radius 3 is 2.54 bits per heavy atom. The maximum absolute atomic E-state index is 13.9. The summed E-state index contributed by atoms with van der Waals surface area (Å²) in [5, 5.41) is -0.495. The minimum absolute atomic E-state index is 0.167. The number of carbonyl (C=O) groups is 2. The number of carbonyl (C=O) groups excluding carboxylic acids is 2. The van der Waals surface area contributed by atoms with Crippen molar-refractivity contribution in [2.45, 2.75) is 24.9 Å². The first-order valence-corrected chi connectivity index (χ1v) is 12.3. The van der Waals surface area contributed by atoms with Crippen LogP contribution in [0.3, 0.4) is 0 Å². The third kappa shape index (κ3) is 5.59. The molecule has 0 saturated carbocycles. The normalized spacial score (nSPS) is 17.2. The van der Waals surface area contributed by atoms with E-state index in [1.54, 1.807) is 20.1 Å². The maximum Gasteiger partial charge on any atom is 0.329 e. The standard InChI is InChI=1S/C27H26FNO5S/c1-3-33-27(31)22-17-35-26(29(22)25(30)19-10-7-11-21(28)14-19)20-12-13-23(32-2)24(15-20)34-16-18-8-5-4-6-9-18/h4-15,22,26H,3,16-17H2,1-2H3/t22-,26+/m1/s1. The van der Waals surface area contributed by atoms with Crippen molar-refractivity contribution in [3.63, 3.8) is 0 Å². The molecule has 2 atom stereocenters. The van der Waals surface area contributed by atoms with Crippen LogP contribution in [0.5, 0.6) is 11.5 Å². The van der Waals surface area contributed by atoms with Crippen molar-refractivity contribution in [2.24, 2.45) is 0 Å². The zero-order valence-electron chi connectivity index (χ0n) is 19.5. The summed E-state index contributed by atoms with van der Waals surface area (Å²) in [6.07, 6.45) is 0. The van der Waals surface area contributed by atoms with Crippen LogP contribution in [0.1, 0.15) is 33.8 Å². The number of thioether (sulfide) groups is 1.